The lowest BCUT2D eigenvalue weighted by atomic mass is 9.93. The minimum Gasteiger partial charge on any atom is -0.444 e. The monoisotopic (exact) mass is 445 g/mol. The molecule has 0 radical (unpaired) electrons. The van der Waals surface area contributed by atoms with Gasteiger partial charge in [-0.3, -0.25) is 4.98 Å². The van der Waals surface area contributed by atoms with E-state index in [1.54, 1.807) is 4.90 Å². The summed E-state index contributed by atoms with van der Waals surface area (Å²) >= 11 is 0. The number of carbonyl (C=O) groups excluding carboxylic acids is 1. The molecule has 1 N–H and O–H groups in total. The summed E-state index contributed by atoms with van der Waals surface area (Å²) in [5.74, 6) is 0. The molecule has 0 aliphatic carbocycles. The third kappa shape index (κ3) is 6.77. The molecule has 1 saturated heterocycles. The number of piperidine rings is 1. The third-order valence-electron chi connectivity index (χ3n) is 5.07. The van der Waals surface area contributed by atoms with Crippen molar-refractivity contribution in [3.05, 3.63) is 54.2 Å². The maximum Gasteiger partial charge on any atom is 0.410 e. The Morgan fingerprint density at radius 3 is 2.52 bits per heavy atom. The van der Waals surface area contributed by atoms with Crippen LogP contribution in [0.2, 0.25) is 0 Å². The van der Waals surface area contributed by atoms with E-state index >= 15 is 0 Å². The molecule has 1 amide bonds. The van der Waals surface area contributed by atoms with Gasteiger partial charge in [-0.05, 0) is 45.7 Å². The highest BCUT2D eigenvalue weighted by atomic mass is 32.2. The fourth-order valence-corrected chi connectivity index (χ4v) is 4.67. The first-order chi connectivity index (χ1) is 14.5. The molecule has 1 aliphatic heterocycles. The fourth-order valence-electron chi connectivity index (χ4n) is 3.85. The average Bonchev–Trinajstić information content (AvgIpc) is 2.68. The second-order valence-electron chi connectivity index (χ2n) is 8.96. The normalized spacial score (nSPS) is 19.8. The molecule has 2 heterocycles. The lowest BCUT2D eigenvalue weighted by Gasteiger charge is -2.41. The van der Waals surface area contributed by atoms with E-state index in [1.807, 2.05) is 69.3 Å². The van der Waals surface area contributed by atoms with Crippen molar-refractivity contribution in [2.45, 2.75) is 57.7 Å². The van der Waals surface area contributed by atoms with Crippen molar-refractivity contribution in [1.82, 2.24) is 14.6 Å². The number of nitrogens with one attached hydrogen (secondary N) is 1. The molecule has 7 nitrogen and oxygen atoms in total. The topological polar surface area (TPSA) is 88.6 Å². The number of ether oxygens (including phenoxy) is 1. The van der Waals surface area contributed by atoms with Crippen LogP contribution in [0, 0.1) is 0 Å². The zero-order valence-corrected chi connectivity index (χ0v) is 19.4. The lowest BCUT2D eigenvalue weighted by Crippen LogP contribution is -2.58. The molecule has 2 atom stereocenters. The van der Waals surface area contributed by atoms with E-state index in [1.165, 1.54) is 0 Å². The van der Waals surface area contributed by atoms with Gasteiger partial charge in [0.05, 0.1) is 18.0 Å². The van der Waals surface area contributed by atoms with Crippen molar-refractivity contribution in [3.8, 4) is 11.3 Å². The number of benzene rings is 1. The number of sulfonamides is 1. The number of hydrogen-bond donors (Lipinski definition) is 1. The number of pyridine rings is 1. The number of likely N-dealkylation sites (tertiary alicyclic amines) is 1. The summed E-state index contributed by atoms with van der Waals surface area (Å²) in [6.45, 7) is 5.98. The third-order valence-corrected chi connectivity index (χ3v) is 5.80. The first kappa shape index (κ1) is 23.2. The molecule has 1 aliphatic rings. The van der Waals surface area contributed by atoms with Gasteiger partial charge in [-0.2, -0.15) is 0 Å². The van der Waals surface area contributed by atoms with Crippen LogP contribution in [0.15, 0.2) is 48.5 Å². The average molecular weight is 446 g/mol. The van der Waals surface area contributed by atoms with Gasteiger partial charge < -0.3 is 9.64 Å². The van der Waals surface area contributed by atoms with Crippen LogP contribution in [0.4, 0.5) is 4.79 Å². The second kappa shape index (κ2) is 9.36. The van der Waals surface area contributed by atoms with Crippen molar-refractivity contribution in [3.63, 3.8) is 0 Å². The Morgan fingerprint density at radius 1 is 1.16 bits per heavy atom. The van der Waals surface area contributed by atoms with Crippen LogP contribution < -0.4 is 4.72 Å². The van der Waals surface area contributed by atoms with Gasteiger partial charge in [0.25, 0.3) is 0 Å². The van der Waals surface area contributed by atoms with Crippen LogP contribution in [0.25, 0.3) is 11.3 Å². The predicted octanol–water partition coefficient (Wildman–Crippen LogP) is 3.61. The molecular weight excluding hydrogens is 414 g/mol. The Kier molecular flexibility index (Phi) is 7.01. The Balaban J connectivity index is 1.90. The van der Waals surface area contributed by atoms with E-state index in [9.17, 15) is 13.2 Å². The number of carbonyl (C=O) groups is 1. The fraction of sp³-hybridized carbons (Fsp3) is 0.478. The van der Waals surface area contributed by atoms with E-state index in [0.717, 1.165) is 23.2 Å². The standard InChI is InChI=1S/C23H31N3O4S/c1-23(2,3)30-22(27)26-15-9-14-20(25-31(4,28)29)21(26)16-18-12-8-13-19(24-18)17-10-6-5-7-11-17/h5-8,10-13,20-21,25H,9,14-16H2,1-4H3/t20-,21-/m0/s1. The largest absolute Gasteiger partial charge is 0.444 e. The van der Waals surface area contributed by atoms with Crippen molar-refractivity contribution in [2.75, 3.05) is 12.8 Å². The van der Waals surface area contributed by atoms with Crippen LogP contribution in [0.5, 0.6) is 0 Å². The van der Waals surface area contributed by atoms with E-state index < -0.39 is 33.8 Å². The molecule has 0 spiro atoms. The highest BCUT2D eigenvalue weighted by Crippen LogP contribution is 2.25. The minimum atomic E-state index is -3.43. The predicted molar refractivity (Wildman–Crippen MR) is 121 cm³/mol. The van der Waals surface area contributed by atoms with Crippen LogP contribution in [-0.2, 0) is 21.2 Å². The van der Waals surface area contributed by atoms with Gasteiger partial charge in [0.15, 0.2) is 0 Å². The molecule has 2 aromatic rings. The zero-order valence-electron chi connectivity index (χ0n) is 18.5. The highest BCUT2D eigenvalue weighted by molar-refractivity contribution is 7.88. The van der Waals surface area contributed by atoms with Crippen LogP contribution in [-0.4, -0.2) is 54.9 Å². The molecule has 3 rings (SSSR count). The van der Waals surface area contributed by atoms with Crippen molar-refractivity contribution >= 4 is 16.1 Å². The molecule has 1 fully saturated rings. The highest BCUT2D eigenvalue weighted by Gasteiger charge is 2.38. The molecular formula is C23H31N3O4S. The van der Waals surface area contributed by atoms with E-state index in [-0.39, 0.29) is 0 Å². The number of rotatable bonds is 5. The van der Waals surface area contributed by atoms with Crippen LogP contribution in [0.1, 0.15) is 39.3 Å². The van der Waals surface area contributed by atoms with Crippen molar-refractivity contribution < 1.29 is 17.9 Å². The summed E-state index contributed by atoms with van der Waals surface area (Å²) in [7, 11) is -3.43. The molecule has 1 aromatic heterocycles. The summed E-state index contributed by atoms with van der Waals surface area (Å²) < 4.78 is 32.3. The first-order valence-corrected chi connectivity index (χ1v) is 12.4. The molecule has 168 valence electrons. The second-order valence-corrected chi connectivity index (χ2v) is 10.7. The number of aromatic nitrogens is 1. The molecule has 1 aromatic carbocycles. The number of amides is 1. The van der Waals surface area contributed by atoms with Gasteiger partial charge in [0, 0.05) is 30.3 Å². The zero-order chi connectivity index (χ0) is 22.6. The molecule has 8 heteroatoms. The van der Waals surface area contributed by atoms with Gasteiger partial charge in [-0.25, -0.2) is 17.9 Å². The minimum absolute atomic E-state index is 0.392. The van der Waals surface area contributed by atoms with Crippen molar-refractivity contribution in [2.24, 2.45) is 0 Å². The van der Waals surface area contributed by atoms with Gasteiger partial charge >= 0.3 is 6.09 Å². The summed E-state index contributed by atoms with van der Waals surface area (Å²) in [6, 6.07) is 14.8. The SMILES string of the molecule is CC(C)(C)OC(=O)N1CCC[C@H](NS(C)(=O)=O)[C@@H]1Cc1cccc(-c2ccccc2)n1. The lowest BCUT2D eigenvalue weighted by molar-refractivity contribution is 0.00581. The van der Waals surface area contributed by atoms with Crippen molar-refractivity contribution in [1.29, 1.82) is 0 Å². The summed E-state index contributed by atoms with van der Waals surface area (Å²) in [6.07, 6.45) is 2.48. The maximum atomic E-state index is 12.9. The Hall–Kier alpha value is -2.45. The van der Waals surface area contributed by atoms with E-state index in [2.05, 4.69) is 4.72 Å². The Morgan fingerprint density at radius 2 is 1.87 bits per heavy atom. The maximum absolute atomic E-state index is 12.9. The van der Waals surface area contributed by atoms with Gasteiger partial charge in [0.1, 0.15) is 5.60 Å². The molecule has 31 heavy (non-hydrogen) atoms. The number of hydrogen-bond acceptors (Lipinski definition) is 5. The van der Waals surface area contributed by atoms with Gasteiger partial charge in [-0.15, -0.1) is 0 Å². The van der Waals surface area contributed by atoms with Crippen LogP contribution >= 0.6 is 0 Å². The number of nitrogens with zero attached hydrogens (tertiary/aromatic N) is 2. The van der Waals surface area contributed by atoms with E-state index in [4.69, 9.17) is 9.72 Å². The van der Waals surface area contributed by atoms with E-state index in [0.29, 0.717) is 25.8 Å². The Labute approximate surface area is 184 Å². The van der Waals surface area contributed by atoms with Crippen LogP contribution in [0.3, 0.4) is 0 Å². The summed E-state index contributed by atoms with van der Waals surface area (Å²) in [4.78, 5) is 19.3. The quantitative estimate of drug-likeness (QED) is 0.760. The molecule has 0 bridgehead atoms. The van der Waals surface area contributed by atoms with Gasteiger partial charge in [0.2, 0.25) is 10.0 Å². The molecule has 0 saturated carbocycles. The summed E-state index contributed by atoms with van der Waals surface area (Å²) in [5.41, 5.74) is 2.00. The summed E-state index contributed by atoms with van der Waals surface area (Å²) in [5, 5.41) is 0. The first-order valence-electron chi connectivity index (χ1n) is 10.5. The smallest absolute Gasteiger partial charge is 0.410 e. The van der Waals surface area contributed by atoms with Gasteiger partial charge in [-0.1, -0.05) is 36.4 Å². The molecule has 0 unspecified atom stereocenters. The Bertz CT molecular complexity index is 1000.